The van der Waals surface area contributed by atoms with E-state index in [4.69, 9.17) is 15.0 Å². The van der Waals surface area contributed by atoms with Crippen LogP contribution in [0, 0.1) is 29.6 Å². The SMILES string of the molecule is CCCCCCCCCCCCC#CCCCCCCC#CC(=O)C(CCCC)CCCCCCCCCCC(=O)OC[C@H](CO)OP(=O)(O)OCCN. The van der Waals surface area contributed by atoms with Crippen LogP contribution in [0.1, 0.15) is 206 Å². The van der Waals surface area contributed by atoms with Gasteiger partial charge in [0.2, 0.25) is 5.78 Å². The summed E-state index contributed by atoms with van der Waals surface area (Å²) in [5, 5.41) is 9.33. The van der Waals surface area contributed by atoms with Crippen molar-refractivity contribution in [2.75, 3.05) is 26.4 Å². The van der Waals surface area contributed by atoms with Gasteiger partial charge in [-0.15, -0.1) is 11.8 Å². The van der Waals surface area contributed by atoms with Crippen LogP contribution >= 0.6 is 7.82 Å². The maximum absolute atomic E-state index is 12.9. The van der Waals surface area contributed by atoms with Gasteiger partial charge in [-0.3, -0.25) is 18.6 Å². The average molecular weight is 782 g/mol. The molecule has 314 valence electrons. The highest BCUT2D eigenvalue weighted by Crippen LogP contribution is 2.44. The highest BCUT2D eigenvalue weighted by atomic mass is 31.2. The zero-order valence-corrected chi connectivity index (χ0v) is 35.5. The van der Waals surface area contributed by atoms with Gasteiger partial charge in [-0.2, -0.15) is 0 Å². The smallest absolute Gasteiger partial charge is 0.463 e. The van der Waals surface area contributed by atoms with E-state index < -0.39 is 26.5 Å². The van der Waals surface area contributed by atoms with Crippen molar-refractivity contribution in [3.05, 3.63) is 0 Å². The van der Waals surface area contributed by atoms with Crippen molar-refractivity contribution in [1.29, 1.82) is 0 Å². The largest absolute Gasteiger partial charge is 0.472 e. The summed E-state index contributed by atoms with van der Waals surface area (Å²) in [4.78, 5) is 34.5. The lowest BCUT2D eigenvalue weighted by atomic mass is 9.91. The van der Waals surface area contributed by atoms with E-state index in [1.165, 1.54) is 70.6 Å². The van der Waals surface area contributed by atoms with Crippen molar-refractivity contribution < 1.29 is 37.9 Å². The number of phosphoric ester groups is 1. The molecule has 0 saturated carbocycles. The summed E-state index contributed by atoms with van der Waals surface area (Å²) in [6, 6.07) is 0. The predicted octanol–water partition coefficient (Wildman–Crippen LogP) is 10.9. The molecule has 0 spiro atoms. The first-order chi connectivity index (χ1) is 26.3. The van der Waals surface area contributed by atoms with Gasteiger partial charge in [-0.1, -0.05) is 148 Å². The lowest BCUT2D eigenvalue weighted by molar-refractivity contribution is -0.147. The first-order valence-electron chi connectivity index (χ1n) is 21.9. The number of phosphoric acid groups is 1. The number of aliphatic hydroxyl groups is 1. The highest BCUT2D eigenvalue weighted by Gasteiger charge is 2.27. The van der Waals surface area contributed by atoms with Crippen LogP contribution in [0.4, 0.5) is 0 Å². The maximum Gasteiger partial charge on any atom is 0.472 e. The van der Waals surface area contributed by atoms with Gasteiger partial charge in [0.1, 0.15) is 12.7 Å². The van der Waals surface area contributed by atoms with Crippen molar-refractivity contribution in [3.8, 4) is 23.7 Å². The minimum atomic E-state index is -4.37. The number of nitrogens with two attached hydrogens (primary N) is 1. The van der Waals surface area contributed by atoms with Crippen LogP contribution < -0.4 is 5.73 Å². The van der Waals surface area contributed by atoms with E-state index in [0.29, 0.717) is 6.42 Å². The zero-order valence-electron chi connectivity index (χ0n) is 34.6. The summed E-state index contributed by atoms with van der Waals surface area (Å²) >= 11 is 0. The molecule has 0 bridgehead atoms. The topological polar surface area (TPSA) is 145 Å². The highest BCUT2D eigenvalue weighted by molar-refractivity contribution is 7.47. The molecule has 10 heteroatoms. The first-order valence-corrected chi connectivity index (χ1v) is 23.4. The predicted molar refractivity (Wildman–Crippen MR) is 222 cm³/mol. The molecule has 0 aromatic heterocycles. The van der Waals surface area contributed by atoms with Crippen LogP contribution in [0.15, 0.2) is 0 Å². The number of esters is 1. The summed E-state index contributed by atoms with van der Waals surface area (Å²) in [5.41, 5.74) is 5.24. The van der Waals surface area contributed by atoms with Crippen LogP contribution in [0.5, 0.6) is 0 Å². The Balaban J connectivity index is 3.90. The van der Waals surface area contributed by atoms with Gasteiger partial charge < -0.3 is 20.5 Å². The Morgan fingerprint density at radius 3 is 1.63 bits per heavy atom. The van der Waals surface area contributed by atoms with Gasteiger partial charge in [-0.05, 0) is 44.4 Å². The summed E-state index contributed by atoms with van der Waals surface area (Å²) in [6.45, 7) is 3.39. The molecule has 2 unspecified atom stereocenters. The fourth-order valence-corrected chi connectivity index (χ4v) is 7.15. The van der Waals surface area contributed by atoms with Crippen molar-refractivity contribution in [1.82, 2.24) is 0 Å². The maximum atomic E-state index is 12.9. The van der Waals surface area contributed by atoms with E-state index in [1.807, 2.05) is 0 Å². The Morgan fingerprint density at radius 1 is 0.648 bits per heavy atom. The van der Waals surface area contributed by atoms with Gasteiger partial charge in [0, 0.05) is 38.1 Å². The van der Waals surface area contributed by atoms with E-state index in [9.17, 15) is 24.2 Å². The number of carbonyl (C=O) groups excluding carboxylic acids is 2. The Morgan fingerprint density at radius 2 is 1.11 bits per heavy atom. The zero-order chi connectivity index (χ0) is 39.8. The van der Waals surface area contributed by atoms with Crippen molar-refractivity contribution in [3.63, 3.8) is 0 Å². The quantitative estimate of drug-likeness (QED) is 0.0183. The minimum absolute atomic E-state index is 0.0436. The van der Waals surface area contributed by atoms with Crippen LogP contribution in [-0.2, 0) is 27.9 Å². The van der Waals surface area contributed by atoms with Gasteiger partial charge in [0.15, 0.2) is 0 Å². The second-order valence-corrected chi connectivity index (χ2v) is 16.2. The Bertz CT molecular complexity index is 1060. The molecule has 0 rings (SSSR count). The second kappa shape index (κ2) is 39.5. The first kappa shape index (κ1) is 52.3. The summed E-state index contributed by atoms with van der Waals surface area (Å²) in [6.07, 6.45) is 32.4. The number of Topliss-reactive ketones (excluding diaryl/α,β-unsaturated/α-hetero) is 1. The molecule has 54 heavy (non-hydrogen) atoms. The monoisotopic (exact) mass is 782 g/mol. The molecule has 0 fully saturated rings. The molecule has 0 aliphatic carbocycles. The molecule has 0 saturated heterocycles. The third-order valence-corrected chi connectivity index (χ3v) is 10.7. The molecule has 0 heterocycles. The summed E-state index contributed by atoms with van der Waals surface area (Å²) in [5.74, 6) is 12.6. The third kappa shape index (κ3) is 36.0. The third-order valence-electron chi connectivity index (χ3n) is 9.59. The molecule has 3 atom stereocenters. The molecule has 0 aliphatic rings. The van der Waals surface area contributed by atoms with Gasteiger partial charge in [0.05, 0.1) is 13.2 Å². The number of rotatable bonds is 38. The minimum Gasteiger partial charge on any atom is -0.463 e. The molecule has 0 aromatic rings. The number of hydrogen-bond acceptors (Lipinski definition) is 8. The number of unbranched alkanes of at least 4 members (excludes halogenated alkanes) is 23. The standard InChI is InChI=1S/C44H80NO8P/c1-3-5-7-8-9-10-11-12-13-14-15-16-17-18-19-20-21-25-28-31-35-43(47)41(33-6-4-2)34-30-27-24-22-23-26-29-32-36-44(48)51-40-42(39-46)53-54(49,50)52-38-37-45/h41-42,46H,3-15,18-30,32-34,36-40,45H2,1-2H3,(H,49,50)/t41?,42-/m0/s1. The fraction of sp³-hybridized carbons (Fsp3) is 0.864. The van der Waals surface area contributed by atoms with Crippen molar-refractivity contribution >= 4 is 19.6 Å². The Hall–Kier alpha value is -1.71. The van der Waals surface area contributed by atoms with Gasteiger partial charge in [0.25, 0.3) is 0 Å². The van der Waals surface area contributed by atoms with Crippen LogP contribution in [0.2, 0.25) is 0 Å². The molecule has 0 aromatic carbocycles. The van der Waals surface area contributed by atoms with E-state index in [2.05, 4.69) is 42.1 Å². The molecule has 4 N–H and O–H groups in total. The van der Waals surface area contributed by atoms with E-state index in [0.717, 1.165) is 109 Å². The van der Waals surface area contributed by atoms with E-state index >= 15 is 0 Å². The number of ether oxygens (including phenoxy) is 1. The Kier molecular flexibility index (Phi) is 38.3. The molecule has 0 aliphatic heterocycles. The number of aliphatic hydroxyl groups excluding tert-OH is 1. The number of hydrogen-bond donors (Lipinski definition) is 3. The molecule has 0 radical (unpaired) electrons. The Labute approximate surface area is 331 Å². The average Bonchev–Trinajstić information content (AvgIpc) is 3.16. The van der Waals surface area contributed by atoms with Gasteiger partial charge >= 0.3 is 13.8 Å². The molecule has 0 amide bonds. The molecule has 9 nitrogen and oxygen atoms in total. The number of carbonyl (C=O) groups is 2. The van der Waals surface area contributed by atoms with Gasteiger partial charge in [-0.25, -0.2) is 4.57 Å². The fourth-order valence-electron chi connectivity index (χ4n) is 6.25. The molecular weight excluding hydrogens is 701 g/mol. The lowest BCUT2D eigenvalue weighted by Gasteiger charge is -2.18. The normalized spacial score (nSPS) is 13.3. The van der Waals surface area contributed by atoms with E-state index in [1.54, 1.807) is 0 Å². The van der Waals surface area contributed by atoms with Crippen LogP contribution in [0.25, 0.3) is 0 Å². The summed E-state index contributed by atoms with van der Waals surface area (Å²) < 4.78 is 26.3. The molecular formula is C44H80NO8P. The summed E-state index contributed by atoms with van der Waals surface area (Å²) in [7, 11) is -4.37. The van der Waals surface area contributed by atoms with Crippen molar-refractivity contribution in [2.24, 2.45) is 11.7 Å². The van der Waals surface area contributed by atoms with Crippen molar-refractivity contribution in [2.45, 2.75) is 213 Å². The van der Waals surface area contributed by atoms with Crippen LogP contribution in [-0.4, -0.2) is 54.2 Å². The number of ketones is 1. The van der Waals surface area contributed by atoms with E-state index in [-0.39, 0.29) is 37.9 Å². The lowest BCUT2D eigenvalue weighted by Crippen LogP contribution is -2.25. The van der Waals surface area contributed by atoms with Crippen LogP contribution in [0.3, 0.4) is 0 Å². The second-order valence-electron chi connectivity index (χ2n) is 14.8.